The zero-order valence-corrected chi connectivity index (χ0v) is 8.89. The molecule has 2 heterocycles. The molecule has 92 valence electrons. The highest BCUT2D eigenvalue weighted by molar-refractivity contribution is 5.83. The monoisotopic (exact) mass is 241 g/mol. The van der Waals surface area contributed by atoms with E-state index in [4.69, 9.17) is 9.84 Å². The molecule has 1 aliphatic heterocycles. The Bertz CT molecular complexity index is 406. The highest BCUT2D eigenvalue weighted by Gasteiger charge is 2.32. The third-order valence-electron chi connectivity index (χ3n) is 2.42. The lowest BCUT2D eigenvalue weighted by atomic mass is 10.2. The molecule has 1 saturated heterocycles. The second kappa shape index (κ2) is 4.87. The first-order valence-corrected chi connectivity index (χ1v) is 4.99. The van der Waals surface area contributed by atoms with Crippen LogP contribution in [0.15, 0.2) is 6.33 Å². The minimum Gasteiger partial charge on any atom is -0.480 e. The summed E-state index contributed by atoms with van der Waals surface area (Å²) >= 11 is 0. The molecule has 0 aliphatic carbocycles. The van der Waals surface area contributed by atoms with Gasteiger partial charge in [-0.25, -0.2) is 9.48 Å². The fourth-order valence-corrected chi connectivity index (χ4v) is 1.59. The first kappa shape index (κ1) is 11.5. The fraction of sp³-hybridized carbons (Fsp3) is 0.625. The van der Waals surface area contributed by atoms with Gasteiger partial charge in [-0.3, -0.25) is 4.79 Å². The molecule has 0 radical (unpaired) electrons. The predicted molar refractivity (Wildman–Crippen MR) is 51.8 cm³/mol. The Morgan fingerprint density at radius 1 is 1.53 bits per heavy atom. The van der Waals surface area contributed by atoms with E-state index in [1.54, 1.807) is 0 Å². The van der Waals surface area contributed by atoms with Crippen molar-refractivity contribution in [2.75, 3.05) is 19.8 Å². The van der Waals surface area contributed by atoms with Gasteiger partial charge < -0.3 is 14.7 Å². The first-order valence-electron chi connectivity index (χ1n) is 4.99. The smallest absolute Gasteiger partial charge is 0.328 e. The number of carbonyl (C=O) groups excluding carboxylic acids is 1. The maximum absolute atomic E-state index is 11.9. The molecule has 17 heavy (non-hydrogen) atoms. The number of carboxylic acid groups (broad SMARTS) is 1. The van der Waals surface area contributed by atoms with Gasteiger partial charge in [0, 0.05) is 6.54 Å². The molecule has 1 atom stereocenters. The quantitative estimate of drug-likeness (QED) is 0.650. The fourth-order valence-electron chi connectivity index (χ4n) is 1.59. The van der Waals surface area contributed by atoms with Crippen LogP contribution in [0, 0.1) is 0 Å². The number of hydrogen-bond acceptors (Lipinski definition) is 6. The summed E-state index contributed by atoms with van der Waals surface area (Å²) in [7, 11) is 0. The van der Waals surface area contributed by atoms with Crippen LogP contribution in [0.4, 0.5) is 0 Å². The molecule has 1 aliphatic rings. The van der Waals surface area contributed by atoms with Gasteiger partial charge in [-0.05, 0) is 10.4 Å². The Morgan fingerprint density at radius 3 is 3.00 bits per heavy atom. The van der Waals surface area contributed by atoms with Gasteiger partial charge in [0.05, 0.1) is 13.2 Å². The van der Waals surface area contributed by atoms with Crippen LogP contribution in [0.25, 0.3) is 0 Å². The number of carbonyl (C=O) groups is 2. The van der Waals surface area contributed by atoms with Crippen molar-refractivity contribution in [2.24, 2.45) is 0 Å². The van der Waals surface area contributed by atoms with Gasteiger partial charge in [0.2, 0.25) is 5.91 Å². The van der Waals surface area contributed by atoms with E-state index >= 15 is 0 Å². The van der Waals surface area contributed by atoms with Crippen molar-refractivity contribution in [2.45, 2.75) is 12.6 Å². The third-order valence-corrected chi connectivity index (χ3v) is 2.42. The predicted octanol–water partition coefficient (Wildman–Crippen LogP) is -2.01. The molecule has 0 saturated carbocycles. The Labute approximate surface area is 96.0 Å². The number of nitrogens with zero attached hydrogens (tertiary/aromatic N) is 5. The minimum atomic E-state index is -1.07. The molecule has 1 aromatic rings. The molecule has 1 amide bonds. The van der Waals surface area contributed by atoms with Gasteiger partial charge in [-0.15, -0.1) is 5.10 Å². The average Bonchev–Trinajstić information content (AvgIpc) is 2.81. The van der Waals surface area contributed by atoms with Crippen molar-refractivity contribution in [3.63, 3.8) is 0 Å². The summed E-state index contributed by atoms with van der Waals surface area (Å²) < 4.78 is 6.28. The molecule has 0 spiro atoms. The molecule has 1 N–H and O–H groups in total. The molecule has 0 unspecified atom stereocenters. The number of hydrogen-bond donors (Lipinski definition) is 1. The van der Waals surface area contributed by atoms with Gasteiger partial charge in [0.25, 0.3) is 0 Å². The summed E-state index contributed by atoms with van der Waals surface area (Å²) in [4.78, 5) is 24.1. The summed E-state index contributed by atoms with van der Waals surface area (Å²) in [6, 6.07) is -0.937. The number of amides is 1. The maximum atomic E-state index is 11.9. The van der Waals surface area contributed by atoms with E-state index in [0.717, 1.165) is 0 Å². The van der Waals surface area contributed by atoms with Gasteiger partial charge in [-0.2, -0.15) is 0 Å². The second-order valence-corrected chi connectivity index (χ2v) is 3.52. The number of aromatic nitrogens is 4. The Kier molecular flexibility index (Phi) is 3.28. The van der Waals surface area contributed by atoms with E-state index in [0.29, 0.717) is 6.61 Å². The third kappa shape index (κ3) is 2.56. The SMILES string of the molecule is O=C(O)[C@H]1COCCN1C(=O)Cn1cnnn1. The molecular weight excluding hydrogens is 230 g/mol. The second-order valence-electron chi connectivity index (χ2n) is 3.52. The lowest BCUT2D eigenvalue weighted by molar-refractivity contribution is -0.158. The number of carboxylic acids is 1. The number of ether oxygens (including phenoxy) is 1. The van der Waals surface area contributed by atoms with Crippen LogP contribution in [-0.2, 0) is 20.9 Å². The number of morpholine rings is 1. The number of rotatable bonds is 3. The number of tetrazole rings is 1. The van der Waals surface area contributed by atoms with Gasteiger partial charge in [0.15, 0.2) is 6.04 Å². The van der Waals surface area contributed by atoms with E-state index in [1.165, 1.54) is 15.9 Å². The van der Waals surface area contributed by atoms with Crippen LogP contribution >= 0.6 is 0 Å². The zero-order chi connectivity index (χ0) is 12.3. The highest BCUT2D eigenvalue weighted by atomic mass is 16.5. The molecule has 2 rings (SSSR count). The van der Waals surface area contributed by atoms with Crippen LogP contribution in [0.1, 0.15) is 0 Å². The Hall–Kier alpha value is -2.03. The van der Waals surface area contributed by atoms with Crippen LogP contribution in [0.5, 0.6) is 0 Å². The zero-order valence-electron chi connectivity index (χ0n) is 8.89. The Morgan fingerprint density at radius 2 is 2.35 bits per heavy atom. The molecule has 9 nitrogen and oxygen atoms in total. The van der Waals surface area contributed by atoms with Crippen molar-refractivity contribution >= 4 is 11.9 Å². The summed E-state index contributed by atoms with van der Waals surface area (Å²) in [6.07, 6.45) is 1.30. The number of aliphatic carboxylic acids is 1. The van der Waals surface area contributed by atoms with Crippen molar-refractivity contribution in [1.82, 2.24) is 25.1 Å². The molecule has 9 heteroatoms. The normalized spacial score (nSPS) is 20.2. The summed E-state index contributed by atoms with van der Waals surface area (Å²) in [6.45, 7) is 0.538. The van der Waals surface area contributed by atoms with Crippen molar-refractivity contribution in [3.05, 3.63) is 6.33 Å². The summed E-state index contributed by atoms with van der Waals surface area (Å²) in [5, 5.41) is 19.3. The molecule has 0 aromatic carbocycles. The largest absolute Gasteiger partial charge is 0.480 e. The van der Waals surface area contributed by atoms with Crippen molar-refractivity contribution < 1.29 is 19.4 Å². The topological polar surface area (TPSA) is 110 Å². The highest BCUT2D eigenvalue weighted by Crippen LogP contribution is 2.08. The summed E-state index contributed by atoms with van der Waals surface area (Å²) in [5.74, 6) is -1.41. The van der Waals surface area contributed by atoms with Crippen LogP contribution in [-0.4, -0.2) is 67.9 Å². The minimum absolute atomic E-state index is 0.0106. The lowest BCUT2D eigenvalue weighted by Crippen LogP contribution is -2.53. The summed E-state index contributed by atoms with van der Waals surface area (Å²) in [5.41, 5.74) is 0. The standard InChI is InChI=1S/C8H11N5O4/c14-7(3-12-5-9-10-11-12)13-1-2-17-4-6(13)8(15)16/h5-6H,1-4H2,(H,15,16)/t6-/m1/s1. The van der Waals surface area contributed by atoms with E-state index < -0.39 is 12.0 Å². The van der Waals surface area contributed by atoms with Crippen LogP contribution < -0.4 is 0 Å². The maximum Gasteiger partial charge on any atom is 0.328 e. The van der Waals surface area contributed by atoms with Crippen molar-refractivity contribution in [1.29, 1.82) is 0 Å². The van der Waals surface area contributed by atoms with E-state index in [9.17, 15) is 9.59 Å². The molecule has 0 bridgehead atoms. The van der Waals surface area contributed by atoms with E-state index in [-0.39, 0.29) is 25.6 Å². The van der Waals surface area contributed by atoms with Crippen molar-refractivity contribution in [3.8, 4) is 0 Å². The Balaban J connectivity index is 2.03. The van der Waals surface area contributed by atoms with Gasteiger partial charge in [-0.1, -0.05) is 0 Å². The first-order chi connectivity index (χ1) is 8.18. The van der Waals surface area contributed by atoms with Crippen LogP contribution in [0.2, 0.25) is 0 Å². The molecule has 1 aromatic heterocycles. The lowest BCUT2D eigenvalue weighted by Gasteiger charge is -2.32. The van der Waals surface area contributed by atoms with Crippen LogP contribution in [0.3, 0.4) is 0 Å². The molecular formula is C8H11N5O4. The van der Waals surface area contributed by atoms with E-state index in [2.05, 4.69) is 15.5 Å². The molecule has 1 fully saturated rings. The average molecular weight is 241 g/mol. The van der Waals surface area contributed by atoms with Gasteiger partial charge >= 0.3 is 5.97 Å². The van der Waals surface area contributed by atoms with Gasteiger partial charge in [0.1, 0.15) is 12.9 Å². The van der Waals surface area contributed by atoms with E-state index in [1.807, 2.05) is 0 Å².